The average Bonchev–Trinajstić information content (AvgIpc) is 2.99. The van der Waals surface area contributed by atoms with Gasteiger partial charge in [-0.15, -0.1) is 0 Å². The van der Waals surface area contributed by atoms with E-state index >= 15 is 0 Å². The summed E-state index contributed by atoms with van der Waals surface area (Å²) in [5.41, 5.74) is 0. The van der Waals surface area contributed by atoms with Crippen molar-refractivity contribution in [3.8, 4) is 0 Å². The predicted octanol–water partition coefficient (Wildman–Crippen LogP) is 1.36. The number of epoxide rings is 2. The van der Waals surface area contributed by atoms with Gasteiger partial charge < -0.3 is 14.2 Å². The fourth-order valence-corrected chi connectivity index (χ4v) is 1.40. The largest absolute Gasteiger partial charge is 0.381 e. The van der Waals surface area contributed by atoms with Crippen molar-refractivity contribution in [1.82, 2.24) is 0 Å². The van der Waals surface area contributed by atoms with Gasteiger partial charge >= 0.3 is 0 Å². The third kappa shape index (κ3) is 4.60. The van der Waals surface area contributed by atoms with E-state index < -0.39 is 0 Å². The van der Waals surface area contributed by atoms with Gasteiger partial charge in [-0.05, 0) is 25.7 Å². The zero-order chi connectivity index (χ0) is 8.93. The van der Waals surface area contributed by atoms with Crippen molar-refractivity contribution in [3.63, 3.8) is 0 Å². The van der Waals surface area contributed by atoms with E-state index in [1.165, 1.54) is 12.8 Å². The molecule has 13 heavy (non-hydrogen) atoms. The van der Waals surface area contributed by atoms with Gasteiger partial charge in [0, 0.05) is 13.2 Å². The van der Waals surface area contributed by atoms with Crippen molar-refractivity contribution < 1.29 is 14.2 Å². The number of rotatable bonds is 8. The molecule has 2 aliphatic rings. The fraction of sp³-hybridized carbons (Fsp3) is 1.00. The molecule has 0 aromatic carbocycles. The molecule has 2 heterocycles. The summed E-state index contributed by atoms with van der Waals surface area (Å²) in [6.07, 6.45) is 5.75. The molecule has 0 N–H and O–H groups in total. The zero-order valence-corrected chi connectivity index (χ0v) is 8.04. The highest BCUT2D eigenvalue weighted by Gasteiger charge is 2.22. The van der Waals surface area contributed by atoms with E-state index in [0.717, 1.165) is 39.3 Å². The molecule has 2 saturated heterocycles. The molecule has 76 valence electrons. The van der Waals surface area contributed by atoms with Crippen LogP contribution >= 0.6 is 0 Å². The van der Waals surface area contributed by atoms with Crippen LogP contribution in [-0.2, 0) is 14.2 Å². The van der Waals surface area contributed by atoms with Gasteiger partial charge in [-0.2, -0.15) is 0 Å². The molecule has 2 aliphatic heterocycles. The molecule has 2 unspecified atom stereocenters. The molecule has 3 nitrogen and oxygen atoms in total. The molecule has 0 aliphatic carbocycles. The molecule has 2 fully saturated rings. The maximum atomic E-state index is 5.48. The van der Waals surface area contributed by atoms with Crippen LogP contribution in [0.15, 0.2) is 0 Å². The summed E-state index contributed by atoms with van der Waals surface area (Å²) in [5.74, 6) is 0. The first kappa shape index (κ1) is 9.44. The lowest BCUT2D eigenvalue weighted by Gasteiger charge is -2.01. The second kappa shape index (κ2) is 4.94. The van der Waals surface area contributed by atoms with Crippen molar-refractivity contribution in [3.05, 3.63) is 0 Å². The highest BCUT2D eigenvalue weighted by molar-refractivity contribution is 4.69. The number of ether oxygens (including phenoxy) is 3. The van der Waals surface area contributed by atoms with Gasteiger partial charge in [0.1, 0.15) is 0 Å². The lowest BCUT2D eigenvalue weighted by molar-refractivity contribution is 0.123. The topological polar surface area (TPSA) is 34.3 Å². The third-order valence-corrected chi connectivity index (χ3v) is 2.43. The van der Waals surface area contributed by atoms with E-state index in [0.29, 0.717) is 12.2 Å². The monoisotopic (exact) mass is 186 g/mol. The first-order valence-corrected chi connectivity index (χ1v) is 5.26. The highest BCUT2D eigenvalue weighted by atomic mass is 16.6. The Labute approximate surface area is 79.4 Å². The lowest BCUT2D eigenvalue weighted by Crippen LogP contribution is -2.00. The Morgan fingerprint density at radius 1 is 0.923 bits per heavy atom. The molecule has 0 radical (unpaired) electrons. The van der Waals surface area contributed by atoms with Crippen molar-refractivity contribution in [2.24, 2.45) is 0 Å². The third-order valence-electron chi connectivity index (χ3n) is 2.43. The normalized spacial score (nSPS) is 30.5. The van der Waals surface area contributed by atoms with Crippen LogP contribution < -0.4 is 0 Å². The maximum absolute atomic E-state index is 5.48. The first-order chi connectivity index (χ1) is 6.45. The van der Waals surface area contributed by atoms with E-state index in [-0.39, 0.29) is 0 Å². The summed E-state index contributed by atoms with van der Waals surface area (Å²) in [7, 11) is 0. The molecule has 0 bridgehead atoms. The Bertz CT molecular complexity index is 125. The van der Waals surface area contributed by atoms with E-state index in [9.17, 15) is 0 Å². The lowest BCUT2D eigenvalue weighted by atomic mass is 10.2. The molecule has 3 heteroatoms. The van der Waals surface area contributed by atoms with E-state index in [4.69, 9.17) is 14.2 Å². The van der Waals surface area contributed by atoms with Crippen LogP contribution in [0.1, 0.15) is 25.7 Å². The molecule has 0 spiro atoms. The number of hydrogen-bond acceptors (Lipinski definition) is 3. The summed E-state index contributed by atoms with van der Waals surface area (Å²) < 4.78 is 15.7. The summed E-state index contributed by atoms with van der Waals surface area (Å²) in [6.45, 7) is 3.73. The van der Waals surface area contributed by atoms with Crippen LogP contribution in [0.5, 0.6) is 0 Å². The second-order valence-corrected chi connectivity index (χ2v) is 3.81. The summed E-state index contributed by atoms with van der Waals surface area (Å²) in [4.78, 5) is 0. The number of hydrogen-bond donors (Lipinski definition) is 0. The molecule has 0 aromatic rings. The van der Waals surface area contributed by atoms with Gasteiger partial charge in [0.05, 0.1) is 25.4 Å². The van der Waals surface area contributed by atoms with Gasteiger partial charge in [-0.3, -0.25) is 0 Å². The molecule has 0 saturated carbocycles. The summed E-state index contributed by atoms with van der Waals surface area (Å²) >= 11 is 0. The van der Waals surface area contributed by atoms with Crippen LogP contribution in [-0.4, -0.2) is 38.6 Å². The van der Waals surface area contributed by atoms with Crippen molar-refractivity contribution in [2.45, 2.75) is 37.9 Å². The highest BCUT2D eigenvalue weighted by Crippen LogP contribution is 2.16. The molecular formula is C10H18O3. The first-order valence-electron chi connectivity index (χ1n) is 5.26. The minimum atomic E-state index is 0.559. The smallest absolute Gasteiger partial charge is 0.0810 e. The standard InChI is InChI=1S/C10H18O3/c1(3-9-7-12-9)5-11-6-2-4-10-8-13-10/h9-10H,1-8H2. The Morgan fingerprint density at radius 2 is 1.38 bits per heavy atom. The minimum Gasteiger partial charge on any atom is -0.381 e. The second-order valence-electron chi connectivity index (χ2n) is 3.81. The molecular weight excluding hydrogens is 168 g/mol. The predicted molar refractivity (Wildman–Crippen MR) is 48.8 cm³/mol. The van der Waals surface area contributed by atoms with Crippen LogP contribution in [0.3, 0.4) is 0 Å². The van der Waals surface area contributed by atoms with E-state index in [2.05, 4.69) is 0 Å². The van der Waals surface area contributed by atoms with Gasteiger partial charge in [0.2, 0.25) is 0 Å². The summed E-state index contributed by atoms with van der Waals surface area (Å²) in [6, 6.07) is 0. The van der Waals surface area contributed by atoms with E-state index in [1.807, 2.05) is 0 Å². The van der Waals surface area contributed by atoms with Crippen LogP contribution in [0.4, 0.5) is 0 Å². The molecule has 2 rings (SSSR count). The fourth-order valence-electron chi connectivity index (χ4n) is 1.40. The Hall–Kier alpha value is -0.120. The molecule has 0 amide bonds. The van der Waals surface area contributed by atoms with Crippen LogP contribution in [0.2, 0.25) is 0 Å². The van der Waals surface area contributed by atoms with Crippen molar-refractivity contribution >= 4 is 0 Å². The quantitative estimate of drug-likeness (QED) is 0.424. The zero-order valence-electron chi connectivity index (χ0n) is 8.04. The average molecular weight is 186 g/mol. The minimum absolute atomic E-state index is 0.559. The SMILES string of the molecule is C(COCCCC1CO1)CC1CO1. The Morgan fingerprint density at radius 3 is 1.77 bits per heavy atom. The Kier molecular flexibility index (Phi) is 3.58. The molecule has 2 atom stereocenters. The van der Waals surface area contributed by atoms with Gasteiger partial charge in [0.15, 0.2) is 0 Å². The van der Waals surface area contributed by atoms with Gasteiger partial charge in [-0.1, -0.05) is 0 Å². The van der Waals surface area contributed by atoms with Crippen LogP contribution in [0.25, 0.3) is 0 Å². The summed E-state index contributed by atoms with van der Waals surface area (Å²) in [5, 5.41) is 0. The molecule has 0 aromatic heterocycles. The van der Waals surface area contributed by atoms with Crippen molar-refractivity contribution in [1.29, 1.82) is 0 Å². The van der Waals surface area contributed by atoms with E-state index in [1.54, 1.807) is 0 Å². The van der Waals surface area contributed by atoms with Crippen LogP contribution in [0, 0.1) is 0 Å². The Balaban J connectivity index is 1.28. The maximum Gasteiger partial charge on any atom is 0.0810 e. The van der Waals surface area contributed by atoms with Gasteiger partial charge in [0.25, 0.3) is 0 Å². The van der Waals surface area contributed by atoms with Crippen molar-refractivity contribution in [2.75, 3.05) is 26.4 Å². The van der Waals surface area contributed by atoms with Gasteiger partial charge in [-0.25, -0.2) is 0 Å².